The molecule has 2 aromatic carbocycles. The van der Waals surface area contributed by atoms with E-state index in [1.54, 1.807) is 29.2 Å². The van der Waals surface area contributed by atoms with Crippen LogP contribution < -0.4 is 5.32 Å². The highest BCUT2D eigenvalue weighted by Gasteiger charge is 2.24. The summed E-state index contributed by atoms with van der Waals surface area (Å²) < 4.78 is 5.79. The number of rotatable bonds is 4. The van der Waals surface area contributed by atoms with Gasteiger partial charge in [-0.25, -0.2) is 4.79 Å². The third-order valence-corrected chi connectivity index (χ3v) is 4.11. The van der Waals surface area contributed by atoms with Crippen LogP contribution in [0.4, 0.5) is 4.79 Å². The van der Waals surface area contributed by atoms with Crippen molar-refractivity contribution < 1.29 is 14.6 Å². The van der Waals surface area contributed by atoms with Crippen molar-refractivity contribution in [1.82, 2.24) is 10.2 Å². The van der Waals surface area contributed by atoms with Crippen LogP contribution >= 0.6 is 0 Å². The lowest BCUT2D eigenvalue weighted by atomic mass is 10.1. The molecule has 1 heterocycles. The third-order valence-electron chi connectivity index (χ3n) is 4.11. The van der Waals surface area contributed by atoms with Crippen LogP contribution in [-0.4, -0.2) is 41.8 Å². The summed E-state index contributed by atoms with van der Waals surface area (Å²) in [5.41, 5.74) is 2.17. The van der Waals surface area contributed by atoms with Gasteiger partial charge in [-0.1, -0.05) is 42.5 Å². The highest BCUT2D eigenvalue weighted by molar-refractivity contribution is 5.74. The predicted octanol–water partition coefficient (Wildman–Crippen LogP) is 2.55. The number of morpholine rings is 1. The predicted molar refractivity (Wildman–Crippen MR) is 91.8 cm³/mol. The Balaban J connectivity index is 1.50. The van der Waals surface area contributed by atoms with Gasteiger partial charge in [0.05, 0.1) is 12.7 Å². The van der Waals surface area contributed by atoms with Crippen LogP contribution in [-0.2, 0) is 17.7 Å². The smallest absolute Gasteiger partial charge is 0.317 e. The minimum atomic E-state index is -0.0792. The van der Waals surface area contributed by atoms with Crippen LogP contribution in [0.15, 0.2) is 54.6 Å². The number of hydrogen-bond donors (Lipinski definition) is 2. The third kappa shape index (κ3) is 4.49. The van der Waals surface area contributed by atoms with E-state index in [0.29, 0.717) is 26.2 Å². The number of nitrogens with zero attached hydrogens (tertiary/aromatic N) is 1. The Hall–Kier alpha value is -2.53. The van der Waals surface area contributed by atoms with Crippen LogP contribution in [0, 0.1) is 0 Å². The Morgan fingerprint density at radius 3 is 2.62 bits per heavy atom. The Kier molecular flexibility index (Phi) is 5.33. The van der Waals surface area contributed by atoms with Crippen molar-refractivity contribution >= 4 is 6.03 Å². The maximum absolute atomic E-state index is 12.3. The number of benzene rings is 2. The van der Waals surface area contributed by atoms with E-state index in [0.717, 1.165) is 12.0 Å². The summed E-state index contributed by atoms with van der Waals surface area (Å²) in [7, 11) is 0. The molecule has 2 N–H and O–H groups in total. The van der Waals surface area contributed by atoms with Gasteiger partial charge in [0.2, 0.25) is 0 Å². The molecule has 1 fully saturated rings. The summed E-state index contributed by atoms with van der Waals surface area (Å²) in [5, 5.41) is 12.2. The molecule has 0 bridgehead atoms. The summed E-state index contributed by atoms with van der Waals surface area (Å²) in [4.78, 5) is 14.1. The summed E-state index contributed by atoms with van der Waals surface area (Å²) in [6, 6.07) is 16.9. The Bertz CT molecular complexity index is 658. The Morgan fingerprint density at radius 2 is 1.88 bits per heavy atom. The Labute approximate surface area is 141 Å². The van der Waals surface area contributed by atoms with E-state index in [2.05, 4.69) is 17.4 Å². The van der Waals surface area contributed by atoms with E-state index >= 15 is 0 Å². The number of phenols is 1. The number of nitrogens with one attached hydrogen (secondary N) is 1. The van der Waals surface area contributed by atoms with Gasteiger partial charge in [0.25, 0.3) is 0 Å². The van der Waals surface area contributed by atoms with Gasteiger partial charge in [-0.05, 0) is 23.3 Å². The molecular formula is C19H22N2O3. The molecule has 1 saturated heterocycles. The van der Waals surface area contributed by atoms with Crippen molar-refractivity contribution in [1.29, 1.82) is 0 Å². The van der Waals surface area contributed by atoms with Crippen molar-refractivity contribution in [3.8, 4) is 5.75 Å². The standard InChI is InChI=1S/C19H22N2O3/c22-17-8-6-16(7-9-17)13-20-19(23)21-10-11-24-18(14-21)12-15-4-2-1-3-5-15/h1-9,18,22H,10-14H2,(H,20,23)/t18-/m1/s1. The summed E-state index contributed by atoms with van der Waals surface area (Å²) >= 11 is 0. The molecule has 0 spiro atoms. The van der Waals surface area contributed by atoms with Crippen molar-refractivity contribution in [2.75, 3.05) is 19.7 Å². The molecule has 5 nitrogen and oxygen atoms in total. The molecule has 0 aromatic heterocycles. The molecule has 0 aliphatic carbocycles. The van der Waals surface area contributed by atoms with Gasteiger partial charge in [0, 0.05) is 26.1 Å². The molecule has 0 unspecified atom stereocenters. The van der Waals surface area contributed by atoms with Gasteiger partial charge in [-0.3, -0.25) is 0 Å². The maximum Gasteiger partial charge on any atom is 0.317 e. The van der Waals surface area contributed by atoms with Gasteiger partial charge in [-0.15, -0.1) is 0 Å². The number of aromatic hydroxyl groups is 1. The van der Waals surface area contributed by atoms with Crippen LogP contribution in [0.2, 0.25) is 0 Å². The van der Waals surface area contributed by atoms with Crippen LogP contribution in [0.1, 0.15) is 11.1 Å². The Morgan fingerprint density at radius 1 is 1.12 bits per heavy atom. The first-order chi connectivity index (χ1) is 11.7. The number of amides is 2. The van der Waals surface area contributed by atoms with E-state index in [1.165, 1.54) is 5.56 Å². The van der Waals surface area contributed by atoms with Crippen LogP contribution in [0.3, 0.4) is 0 Å². The lowest BCUT2D eigenvalue weighted by molar-refractivity contribution is -0.0133. The highest BCUT2D eigenvalue weighted by atomic mass is 16.5. The van der Waals surface area contributed by atoms with E-state index in [9.17, 15) is 9.90 Å². The largest absolute Gasteiger partial charge is 0.508 e. The fourth-order valence-electron chi connectivity index (χ4n) is 2.81. The van der Waals surface area contributed by atoms with Crippen molar-refractivity contribution in [3.63, 3.8) is 0 Å². The van der Waals surface area contributed by atoms with Crippen molar-refractivity contribution in [2.24, 2.45) is 0 Å². The van der Waals surface area contributed by atoms with Crippen molar-refractivity contribution in [2.45, 2.75) is 19.1 Å². The fourth-order valence-corrected chi connectivity index (χ4v) is 2.81. The number of phenolic OH excluding ortho intramolecular Hbond substituents is 1. The first-order valence-corrected chi connectivity index (χ1v) is 8.17. The average molecular weight is 326 g/mol. The SMILES string of the molecule is O=C(NCc1ccc(O)cc1)N1CCO[C@H](Cc2ccccc2)C1. The molecule has 5 heteroatoms. The van der Waals surface area contributed by atoms with Crippen LogP contribution in [0.25, 0.3) is 0 Å². The molecule has 1 aliphatic heterocycles. The minimum Gasteiger partial charge on any atom is -0.508 e. The molecule has 0 saturated carbocycles. The van der Waals surface area contributed by atoms with Gasteiger partial charge in [0.1, 0.15) is 5.75 Å². The highest BCUT2D eigenvalue weighted by Crippen LogP contribution is 2.13. The number of hydrogen-bond acceptors (Lipinski definition) is 3. The number of urea groups is 1. The molecule has 2 amide bonds. The fraction of sp³-hybridized carbons (Fsp3) is 0.316. The molecular weight excluding hydrogens is 304 g/mol. The first-order valence-electron chi connectivity index (χ1n) is 8.17. The second kappa shape index (κ2) is 7.84. The molecule has 1 atom stereocenters. The molecule has 3 rings (SSSR count). The van der Waals surface area contributed by atoms with Crippen LogP contribution in [0.5, 0.6) is 5.75 Å². The summed E-state index contributed by atoms with van der Waals surface area (Å²) in [6.07, 6.45) is 0.836. The minimum absolute atomic E-state index is 0.0283. The van der Waals surface area contributed by atoms with Gasteiger partial charge < -0.3 is 20.1 Å². The number of carbonyl (C=O) groups excluding carboxylic acids is 1. The first kappa shape index (κ1) is 16.3. The monoisotopic (exact) mass is 326 g/mol. The zero-order valence-corrected chi connectivity index (χ0v) is 13.5. The van der Waals surface area contributed by atoms with Gasteiger partial charge in [0.15, 0.2) is 0 Å². The molecule has 126 valence electrons. The topological polar surface area (TPSA) is 61.8 Å². The van der Waals surface area contributed by atoms with E-state index in [1.807, 2.05) is 18.2 Å². The van der Waals surface area contributed by atoms with Crippen molar-refractivity contribution in [3.05, 3.63) is 65.7 Å². The second-order valence-corrected chi connectivity index (χ2v) is 5.95. The van der Waals surface area contributed by atoms with E-state index in [4.69, 9.17) is 4.74 Å². The lowest BCUT2D eigenvalue weighted by Gasteiger charge is -2.33. The zero-order valence-electron chi connectivity index (χ0n) is 13.5. The quantitative estimate of drug-likeness (QED) is 0.908. The molecule has 24 heavy (non-hydrogen) atoms. The number of carbonyl (C=O) groups is 1. The lowest BCUT2D eigenvalue weighted by Crippen LogP contribution is -2.50. The normalized spacial score (nSPS) is 17.5. The summed E-state index contributed by atoms with van der Waals surface area (Å²) in [6.45, 7) is 2.20. The molecule has 1 aliphatic rings. The van der Waals surface area contributed by atoms with Gasteiger partial charge in [-0.2, -0.15) is 0 Å². The average Bonchev–Trinajstić information content (AvgIpc) is 2.62. The number of ether oxygens (including phenoxy) is 1. The maximum atomic E-state index is 12.3. The molecule has 2 aromatic rings. The second-order valence-electron chi connectivity index (χ2n) is 5.95. The zero-order chi connectivity index (χ0) is 16.8. The molecule has 0 radical (unpaired) electrons. The summed E-state index contributed by atoms with van der Waals surface area (Å²) in [5.74, 6) is 0.224. The van der Waals surface area contributed by atoms with Gasteiger partial charge >= 0.3 is 6.03 Å². The van der Waals surface area contributed by atoms with E-state index < -0.39 is 0 Å². The van der Waals surface area contributed by atoms with E-state index in [-0.39, 0.29) is 17.9 Å².